The van der Waals surface area contributed by atoms with Gasteiger partial charge in [-0.2, -0.15) is 0 Å². The van der Waals surface area contributed by atoms with Crippen molar-refractivity contribution in [1.29, 1.82) is 0 Å². The van der Waals surface area contributed by atoms with E-state index < -0.39 is 0 Å². The number of pyridine rings is 1. The number of carbonyl (C=O) groups is 1. The van der Waals surface area contributed by atoms with Gasteiger partial charge < -0.3 is 14.0 Å². The molecular weight excluding hydrogens is 362 g/mol. The lowest BCUT2D eigenvalue weighted by Gasteiger charge is -2.44. The Kier molecular flexibility index (Phi) is 4.84. The summed E-state index contributed by atoms with van der Waals surface area (Å²) in [6.45, 7) is 3.27. The Morgan fingerprint density at radius 3 is 2.59 bits per heavy atom. The summed E-state index contributed by atoms with van der Waals surface area (Å²) in [7, 11) is 0. The van der Waals surface area contributed by atoms with Gasteiger partial charge in [-0.1, -0.05) is 25.3 Å². The first-order chi connectivity index (χ1) is 14.1. The summed E-state index contributed by atoms with van der Waals surface area (Å²) in [5.74, 6) is 1.02. The van der Waals surface area contributed by atoms with Crippen molar-refractivity contribution in [3.63, 3.8) is 0 Å². The van der Waals surface area contributed by atoms with Crippen LogP contribution < -0.4 is 5.56 Å². The van der Waals surface area contributed by atoms with Gasteiger partial charge in [0.05, 0.1) is 0 Å². The maximum atomic E-state index is 13.5. The summed E-state index contributed by atoms with van der Waals surface area (Å²) < 4.78 is 4.20. The zero-order valence-corrected chi connectivity index (χ0v) is 17.1. The van der Waals surface area contributed by atoms with E-state index in [0.717, 1.165) is 51.1 Å². The maximum Gasteiger partial charge on any atom is 0.250 e. The molecule has 3 aliphatic rings. The highest BCUT2D eigenvalue weighted by molar-refractivity contribution is 5.77. The molecule has 0 spiro atoms. The molecule has 2 atom stereocenters. The van der Waals surface area contributed by atoms with Crippen molar-refractivity contribution in [1.82, 2.24) is 14.0 Å². The van der Waals surface area contributed by atoms with E-state index in [2.05, 4.69) is 40.1 Å². The van der Waals surface area contributed by atoms with E-state index in [0.29, 0.717) is 24.2 Å². The predicted octanol–water partition coefficient (Wildman–Crippen LogP) is 3.64. The normalized spacial score (nSPS) is 25.4. The first-order valence-corrected chi connectivity index (χ1v) is 11.2. The Balaban J connectivity index is 1.33. The van der Waals surface area contributed by atoms with Gasteiger partial charge in [0, 0.05) is 62.7 Å². The smallest absolute Gasteiger partial charge is 0.250 e. The van der Waals surface area contributed by atoms with E-state index in [-0.39, 0.29) is 11.0 Å². The molecule has 4 heterocycles. The van der Waals surface area contributed by atoms with Gasteiger partial charge in [-0.3, -0.25) is 9.59 Å². The molecular formula is C24H31N3O2. The number of rotatable bonds is 4. The fourth-order valence-electron chi connectivity index (χ4n) is 6.09. The monoisotopic (exact) mass is 393 g/mol. The summed E-state index contributed by atoms with van der Waals surface area (Å²) in [5, 5.41) is 0. The number of likely N-dealkylation sites (tertiary alicyclic amines) is 1. The molecule has 29 heavy (non-hydrogen) atoms. The minimum atomic E-state index is 0.0930. The molecule has 2 aliphatic heterocycles. The largest absolute Gasteiger partial charge is 0.354 e. The Labute approximate surface area is 172 Å². The van der Waals surface area contributed by atoms with Crippen LogP contribution in [0.2, 0.25) is 0 Å². The number of amides is 1. The number of hydrogen-bond donors (Lipinski definition) is 0. The van der Waals surface area contributed by atoms with E-state index in [4.69, 9.17) is 0 Å². The highest BCUT2D eigenvalue weighted by Crippen LogP contribution is 2.42. The van der Waals surface area contributed by atoms with Gasteiger partial charge >= 0.3 is 0 Å². The summed E-state index contributed by atoms with van der Waals surface area (Å²) in [6.07, 6.45) is 12.1. The summed E-state index contributed by atoms with van der Waals surface area (Å²) in [6, 6.07) is 9.74. The number of hydrogen-bond acceptors (Lipinski definition) is 2. The third kappa shape index (κ3) is 3.67. The van der Waals surface area contributed by atoms with Crippen LogP contribution >= 0.6 is 0 Å². The van der Waals surface area contributed by atoms with Crippen LogP contribution in [0, 0.1) is 11.3 Å². The maximum absolute atomic E-state index is 13.5. The average molecular weight is 394 g/mol. The van der Waals surface area contributed by atoms with Crippen LogP contribution in [0.25, 0.3) is 0 Å². The van der Waals surface area contributed by atoms with E-state index in [1.54, 1.807) is 6.07 Å². The standard InChI is InChI=1S/C24H31N3O2/c28-22-8-6-7-21-20-13-19(16-27(21)22)15-26(17-20)23(29)14-24(9-2-1-3-10-24)18-25-11-4-5-12-25/h4-8,11-12,19-20H,1-3,9-10,13-18H2. The van der Waals surface area contributed by atoms with Crippen LogP contribution in [0.3, 0.4) is 0 Å². The number of nitrogens with zero attached hydrogens (tertiary/aromatic N) is 3. The van der Waals surface area contributed by atoms with Gasteiger partial charge in [0.2, 0.25) is 5.91 Å². The van der Waals surface area contributed by atoms with E-state index in [9.17, 15) is 9.59 Å². The quantitative estimate of drug-likeness (QED) is 0.796. The lowest BCUT2D eigenvalue weighted by Crippen LogP contribution is -2.50. The zero-order valence-electron chi connectivity index (χ0n) is 17.1. The molecule has 0 radical (unpaired) electrons. The van der Waals surface area contributed by atoms with Crippen molar-refractivity contribution in [2.45, 2.75) is 64.0 Å². The molecule has 2 aromatic heterocycles. The van der Waals surface area contributed by atoms with Crippen LogP contribution in [0.5, 0.6) is 0 Å². The lowest BCUT2D eigenvalue weighted by molar-refractivity contribution is -0.137. The number of piperidine rings is 1. The summed E-state index contributed by atoms with van der Waals surface area (Å²) in [4.78, 5) is 27.8. The fourth-order valence-corrected chi connectivity index (χ4v) is 6.09. The third-order valence-electron chi connectivity index (χ3n) is 7.46. The second-order valence-electron chi connectivity index (χ2n) is 9.59. The number of aromatic nitrogens is 2. The molecule has 0 N–H and O–H groups in total. The average Bonchev–Trinajstić information content (AvgIpc) is 3.22. The van der Waals surface area contributed by atoms with E-state index in [1.807, 2.05) is 10.6 Å². The van der Waals surface area contributed by atoms with Crippen LogP contribution in [-0.2, 0) is 17.9 Å². The Bertz CT molecular complexity index is 924. The highest BCUT2D eigenvalue weighted by Gasteiger charge is 2.40. The highest BCUT2D eigenvalue weighted by atomic mass is 16.2. The molecule has 2 aromatic rings. The van der Waals surface area contributed by atoms with Crippen molar-refractivity contribution in [3.8, 4) is 0 Å². The van der Waals surface area contributed by atoms with Gasteiger partial charge in [0.1, 0.15) is 0 Å². The van der Waals surface area contributed by atoms with Crippen molar-refractivity contribution in [2.24, 2.45) is 11.3 Å². The first kappa shape index (κ1) is 18.7. The second kappa shape index (κ2) is 7.51. The van der Waals surface area contributed by atoms with Crippen LogP contribution in [0.15, 0.2) is 47.5 Å². The molecule has 0 aromatic carbocycles. The molecule has 1 saturated carbocycles. The Hall–Kier alpha value is -2.30. The van der Waals surface area contributed by atoms with Crippen LogP contribution in [0.1, 0.15) is 56.6 Å². The van der Waals surface area contributed by atoms with E-state index in [1.165, 1.54) is 19.3 Å². The van der Waals surface area contributed by atoms with E-state index >= 15 is 0 Å². The zero-order chi connectivity index (χ0) is 19.8. The van der Waals surface area contributed by atoms with Crippen molar-refractivity contribution in [2.75, 3.05) is 13.1 Å². The first-order valence-electron chi connectivity index (χ1n) is 11.2. The topological polar surface area (TPSA) is 47.2 Å². The molecule has 154 valence electrons. The SMILES string of the molecule is O=C(CC1(Cn2cccc2)CCCCC1)N1CC2CC(C1)c1cccc(=O)n1C2. The van der Waals surface area contributed by atoms with Gasteiger partial charge in [0.25, 0.3) is 5.56 Å². The molecule has 2 fully saturated rings. The third-order valence-corrected chi connectivity index (χ3v) is 7.46. The minimum Gasteiger partial charge on any atom is -0.354 e. The minimum absolute atomic E-state index is 0.0930. The molecule has 2 unspecified atom stereocenters. The van der Waals surface area contributed by atoms with Gasteiger partial charge in [-0.15, -0.1) is 0 Å². The molecule has 2 bridgehead atoms. The predicted molar refractivity (Wildman–Crippen MR) is 113 cm³/mol. The molecule has 1 amide bonds. The van der Waals surface area contributed by atoms with Crippen LogP contribution in [0.4, 0.5) is 0 Å². The van der Waals surface area contributed by atoms with Crippen molar-refractivity contribution in [3.05, 3.63) is 58.8 Å². The molecule has 5 rings (SSSR count). The summed E-state index contributed by atoms with van der Waals surface area (Å²) >= 11 is 0. The molecule has 5 nitrogen and oxygen atoms in total. The van der Waals surface area contributed by atoms with Gasteiger partial charge in [-0.25, -0.2) is 0 Å². The Morgan fingerprint density at radius 1 is 1.00 bits per heavy atom. The van der Waals surface area contributed by atoms with Gasteiger partial charge in [0.15, 0.2) is 0 Å². The van der Waals surface area contributed by atoms with Gasteiger partial charge in [-0.05, 0) is 48.8 Å². The van der Waals surface area contributed by atoms with Crippen molar-refractivity contribution >= 4 is 5.91 Å². The second-order valence-corrected chi connectivity index (χ2v) is 9.59. The lowest BCUT2D eigenvalue weighted by atomic mass is 9.71. The number of carbonyl (C=O) groups excluding carboxylic acids is 1. The number of fused-ring (bicyclic) bond motifs is 4. The molecule has 1 aliphatic carbocycles. The molecule has 1 saturated heterocycles. The Morgan fingerprint density at radius 2 is 1.79 bits per heavy atom. The molecule has 5 heteroatoms. The fraction of sp³-hybridized carbons (Fsp3) is 0.583. The van der Waals surface area contributed by atoms with Crippen molar-refractivity contribution < 1.29 is 4.79 Å². The summed E-state index contributed by atoms with van der Waals surface area (Å²) in [5.41, 5.74) is 1.31. The van der Waals surface area contributed by atoms with Crippen LogP contribution in [-0.4, -0.2) is 33.0 Å².